The lowest BCUT2D eigenvalue weighted by Gasteiger charge is -2.36. The highest BCUT2D eigenvalue weighted by molar-refractivity contribution is 6.31. The second kappa shape index (κ2) is 13.6. The smallest absolute Gasteiger partial charge is 0.184 e. The summed E-state index contributed by atoms with van der Waals surface area (Å²) in [6, 6.07) is 49.7. The van der Waals surface area contributed by atoms with Crippen molar-refractivity contribution in [3.8, 4) is 22.5 Å². The molecule has 0 aliphatic heterocycles. The highest BCUT2D eigenvalue weighted by Crippen LogP contribution is 2.43. The van der Waals surface area contributed by atoms with Crippen LogP contribution in [0.4, 0.5) is 0 Å². The topological polar surface area (TPSA) is 65.6 Å². The first-order chi connectivity index (χ1) is 23.6. The molecule has 48 heavy (non-hydrogen) atoms. The van der Waals surface area contributed by atoms with Gasteiger partial charge < -0.3 is 4.57 Å². The molecule has 0 aliphatic rings. The van der Waals surface area contributed by atoms with Gasteiger partial charge in [0.2, 0.25) is 0 Å². The lowest BCUT2D eigenvalue weighted by atomic mass is 9.77. The van der Waals surface area contributed by atoms with Gasteiger partial charge >= 0.3 is 0 Å². The van der Waals surface area contributed by atoms with Crippen molar-refractivity contribution in [1.29, 1.82) is 0 Å². The number of aromatic nitrogens is 5. The molecule has 0 saturated carbocycles. The lowest BCUT2D eigenvalue weighted by molar-refractivity contribution is 0.111. The van der Waals surface area contributed by atoms with Gasteiger partial charge in [-0.15, -0.1) is 5.10 Å². The van der Waals surface area contributed by atoms with Crippen LogP contribution in [0.5, 0.6) is 0 Å². The maximum absolute atomic E-state index is 11.8. The first kappa shape index (κ1) is 31.0. The van der Waals surface area contributed by atoms with E-state index in [2.05, 4.69) is 126 Å². The number of nitrogens with zero attached hydrogens (tertiary/aromatic N) is 5. The Labute approximate surface area is 285 Å². The van der Waals surface area contributed by atoms with Crippen LogP contribution >= 0.6 is 11.6 Å². The van der Waals surface area contributed by atoms with Crippen molar-refractivity contribution in [3.63, 3.8) is 0 Å². The van der Waals surface area contributed by atoms with Crippen LogP contribution in [0.3, 0.4) is 0 Å². The standard InChI is InChI=1S/C41H34ClN5O/c1-2-14-39-38(42)27-35(29-48)46(39)28-30-23-25-31(26-24-30)36-21-12-13-22-37(36)40-43-44-45-47(40)41(32-15-6-3-7-16-32,33-17-8-4-9-18-33)34-19-10-5-11-20-34/h3-13,15-27,29H,2,14,28H2,1H3. The van der Waals surface area contributed by atoms with Gasteiger partial charge in [-0.1, -0.05) is 164 Å². The van der Waals surface area contributed by atoms with E-state index >= 15 is 0 Å². The van der Waals surface area contributed by atoms with E-state index in [1.165, 1.54) is 0 Å². The van der Waals surface area contributed by atoms with Crippen LogP contribution in [0.2, 0.25) is 5.02 Å². The molecule has 0 aliphatic carbocycles. The fourth-order valence-electron chi connectivity index (χ4n) is 6.74. The van der Waals surface area contributed by atoms with Gasteiger partial charge in [-0.3, -0.25) is 4.79 Å². The monoisotopic (exact) mass is 647 g/mol. The molecule has 0 N–H and O–H groups in total. The Hall–Kier alpha value is -5.59. The van der Waals surface area contributed by atoms with Gasteiger partial charge in [0, 0.05) is 17.8 Å². The maximum Gasteiger partial charge on any atom is 0.184 e. The average Bonchev–Trinajstić information content (AvgIpc) is 3.75. The molecule has 0 atom stereocenters. The van der Waals surface area contributed by atoms with Gasteiger partial charge in [-0.2, -0.15) is 0 Å². The molecule has 0 amide bonds. The number of carbonyl (C=O) groups is 1. The highest BCUT2D eigenvalue weighted by Gasteiger charge is 2.42. The Morgan fingerprint density at radius 1 is 0.708 bits per heavy atom. The van der Waals surface area contributed by atoms with E-state index in [-0.39, 0.29) is 0 Å². The summed E-state index contributed by atoms with van der Waals surface area (Å²) in [6.45, 7) is 2.67. The Morgan fingerprint density at radius 3 is 1.79 bits per heavy atom. The summed E-state index contributed by atoms with van der Waals surface area (Å²) < 4.78 is 3.98. The maximum atomic E-state index is 11.8. The molecular weight excluding hydrogens is 614 g/mol. The fraction of sp³-hybridized carbons (Fsp3) is 0.122. The van der Waals surface area contributed by atoms with E-state index in [1.807, 2.05) is 39.6 Å². The van der Waals surface area contributed by atoms with Crippen molar-refractivity contribution in [3.05, 3.63) is 184 Å². The summed E-state index contributed by atoms with van der Waals surface area (Å²) in [5.74, 6) is 0.646. The number of carbonyl (C=O) groups excluding carboxylic acids is 1. The van der Waals surface area contributed by atoms with E-state index in [0.29, 0.717) is 23.1 Å². The van der Waals surface area contributed by atoms with Crippen LogP contribution < -0.4 is 0 Å². The third-order valence-corrected chi connectivity index (χ3v) is 9.26. The quantitative estimate of drug-likeness (QED) is 0.104. The van der Waals surface area contributed by atoms with E-state index in [0.717, 1.165) is 63.8 Å². The SMILES string of the molecule is CCCc1c(Cl)cc(C=O)n1Cc1ccc(-c2ccccc2-c2nnnn2C(c2ccccc2)(c2ccccc2)c2ccccc2)cc1. The number of hydrogen-bond donors (Lipinski definition) is 0. The third kappa shape index (κ3) is 5.54. The normalized spacial score (nSPS) is 11.5. The molecule has 6 nitrogen and oxygen atoms in total. The third-order valence-electron chi connectivity index (χ3n) is 8.93. The predicted octanol–water partition coefficient (Wildman–Crippen LogP) is 9.12. The molecule has 7 aromatic rings. The Balaban J connectivity index is 1.35. The zero-order valence-electron chi connectivity index (χ0n) is 26.6. The molecule has 2 aromatic heterocycles. The number of halogens is 1. The highest BCUT2D eigenvalue weighted by atomic mass is 35.5. The molecule has 0 bridgehead atoms. The zero-order chi connectivity index (χ0) is 32.9. The average molecular weight is 648 g/mol. The van der Waals surface area contributed by atoms with Crippen LogP contribution in [-0.2, 0) is 18.5 Å². The summed E-state index contributed by atoms with van der Waals surface area (Å²) in [5, 5.41) is 14.4. The Bertz CT molecular complexity index is 2040. The Morgan fingerprint density at radius 2 is 1.25 bits per heavy atom. The number of aldehydes is 1. The first-order valence-electron chi connectivity index (χ1n) is 16.1. The molecule has 0 saturated heterocycles. The summed E-state index contributed by atoms with van der Waals surface area (Å²) in [6.07, 6.45) is 2.63. The van der Waals surface area contributed by atoms with Crippen molar-refractivity contribution < 1.29 is 4.79 Å². The second-order valence-corrected chi connectivity index (χ2v) is 12.2. The summed E-state index contributed by atoms with van der Waals surface area (Å²) in [5.41, 5.74) is 7.86. The summed E-state index contributed by atoms with van der Waals surface area (Å²) in [7, 11) is 0. The fourth-order valence-corrected chi connectivity index (χ4v) is 7.05. The number of benzene rings is 5. The van der Waals surface area contributed by atoms with Crippen LogP contribution in [0.25, 0.3) is 22.5 Å². The van der Waals surface area contributed by atoms with Crippen LogP contribution in [0.1, 0.15) is 51.8 Å². The zero-order valence-corrected chi connectivity index (χ0v) is 27.3. The van der Waals surface area contributed by atoms with Gasteiger partial charge in [0.25, 0.3) is 0 Å². The molecule has 0 unspecified atom stereocenters. The molecule has 7 heteroatoms. The van der Waals surface area contributed by atoms with Crippen LogP contribution in [-0.4, -0.2) is 31.1 Å². The number of hydrogen-bond acceptors (Lipinski definition) is 4. The molecule has 0 fully saturated rings. The second-order valence-electron chi connectivity index (χ2n) is 11.8. The first-order valence-corrected chi connectivity index (χ1v) is 16.5. The van der Waals surface area contributed by atoms with Crippen LogP contribution in [0.15, 0.2) is 146 Å². The van der Waals surface area contributed by atoms with Gasteiger partial charge in [0.1, 0.15) is 5.54 Å². The van der Waals surface area contributed by atoms with Gasteiger partial charge in [-0.25, -0.2) is 4.68 Å². The van der Waals surface area contributed by atoms with E-state index in [1.54, 1.807) is 6.07 Å². The van der Waals surface area contributed by atoms with Crippen molar-refractivity contribution in [1.82, 2.24) is 24.8 Å². The lowest BCUT2D eigenvalue weighted by Crippen LogP contribution is -2.39. The molecule has 0 spiro atoms. The minimum atomic E-state index is -0.857. The number of tetrazole rings is 1. The van der Waals surface area contributed by atoms with Crippen molar-refractivity contribution in [2.45, 2.75) is 31.8 Å². The molecule has 7 rings (SSSR count). The van der Waals surface area contributed by atoms with Gasteiger partial charge in [0.15, 0.2) is 12.1 Å². The van der Waals surface area contributed by atoms with Crippen molar-refractivity contribution >= 4 is 17.9 Å². The summed E-state index contributed by atoms with van der Waals surface area (Å²) >= 11 is 6.51. The predicted molar refractivity (Wildman–Crippen MR) is 191 cm³/mol. The van der Waals surface area contributed by atoms with Crippen LogP contribution in [0, 0.1) is 0 Å². The molecule has 0 radical (unpaired) electrons. The van der Waals surface area contributed by atoms with E-state index in [4.69, 9.17) is 16.8 Å². The Kier molecular flexibility index (Phi) is 8.82. The summed E-state index contributed by atoms with van der Waals surface area (Å²) in [4.78, 5) is 11.8. The molecule has 2 heterocycles. The molecular formula is C41H34ClN5O. The number of rotatable bonds is 11. The van der Waals surface area contributed by atoms with E-state index < -0.39 is 5.54 Å². The molecule has 5 aromatic carbocycles. The van der Waals surface area contributed by atoms with Crippen molar-refractivity contribution in [2.75, 3.05) is 0 Å². The minimum Gasteiger partial charge on any atom is -0.337 e. The van der Waals surface area contributed by atoms with Crippen molar-refractivity contribution in [2.24, 2.45) is 0 Å². The molecule has 236 valence electrons. The van der Waals surface area contributed by atoms with Gasteiger partial charge in [0.05, 0.1) is 10.7 Å². The van der Waals surface area contributed by atoms with Gasteiger partial charge in [-0.05, 0) is 56.3 Å². The largest absolute Gasteiger partial charge is 0.337 e. The van der Waals surface area contributed by atoms with E-state index in [9.17, 15) is 4.79 Å². The minimum absolute atomic E-state index is 0.560.